The summed E-state index contributed by atoms with van der Waals surface area (Å²) in [7, 11) is 1.72. The van der Waals surface area contributed by atoms with Crippen molar-refractivity contribution in [3.63, 3.8) is 0 Å². The van der Waals surface area contributed by atoms with E-state index in [4.69, 9.17) is 4.46 Å². The zero-order valence-electron chi connectivity index (χ0n) is 2.64. The van der Waals surface area contributed by atoms with Crippen molar-refractivity contribution in [2.45, 2.75) is 0 Å². The largest absolute Gasteiger partial charge is 0.381 e. The molecule has 1 nitrogen and oxygen atoms in total. The van der Waals surface area contributed by atoms with Crippen molar-refractivity contribution < 1.29 is 38.6 Å². The molecule has 0 saturated heterocycles. The van der Waals surface area contributed by atoms with Gasteiger partial charge in [-0.15, -0.1) is 0 Å². The number of hydrogen-bond acceptors (Lipinski definition) is 1. The topological polar surface area (TPSA) is 17.1 Å². The van der Waals surface area contributed by atoms with Crippen LogP contribution in [-0.2, 0) is 38.6 Å². The molecule has 0 spiro atoms. The molecule has 0 aromatic rings. The fourth-order valence-corrected chi connectivity index (χ4v) is 0. The maximum atomic E-state index is 8.06. The Bertz CT molecular complexity index is 11.6. The van der Waals surface area contributed by atoms with E-state index < -0.39 is 0 Å². The standard InChI is InChI=1S/Fe.Li.Mn.OSi/c;;;1-2. The van der Waals surface area contributed by atoms with E-state index in [2.05, 4.69) is 0 Å². The molecule has 0 fully saturated rings. The Morgan fingerprint density at radius 3 is 1.20 bits per heavy atom. The summed E-state index contributed by atoms with van der Waals surface area (Å²) in [5.41, 5.74) is 0. The molecular formula is FeLiMnOSi. The third kappa shape index (κ3) is 27.6. The molecule has 0 aliphatic heterocycles. The van der Waals surface area contributed by atoms with E-state index in [1.165, 1.54) is 0 Å². The second-order valence-corrected chi connectivity index (χ2v) is 0. The second-order valence-electron chi connectivity index (χ2n) is 0. The zero-order valence-corrected chi connectivity index (χ0v) is 5.92. The van der Waals surface area contributed by atoms with Gasteiger partial charge in [0.2, 0.25) is 0 Å². The fraction of sp³-hybridized carbons (Fsp3) is 0. The summed E-state index contributed by atoms with van der Waals surface area (Å²) in [6.07, 6.45) is 0. The summed E-state index contributed by atoms with van der Waals surface area (Å²) in [4.78, 5) is 0. The van der Waals surface area contributed by atoms with Crippen LogP contribution in [0, 0.1) is 0 Å². The van der Waals surface area contributed by atoms with Gasteiger partial charge in [0.15, 0.2) is 0 Å². The van der Waals surface area contributed by atoms with Crippen molar-refractivity contribution >= 4 is 29.0 Å². The Balaban J connectivity index is -0.00000000167. The van der Waals surface area contributed by atoms with Crippen LogP contribution in [0.3, 0.4) is 0 Å². The summed E-state index contributed by atoms with van der Waals surface area (Å²) in [6, 6.07) is 0. The summed E-state index contributed by atoms with van der Waals surface area (Å²) in [6.45, 7) is 0. The molecule has 0 unspecified atom stereocenters. The van der Waals surface area contributed by atoms with Crippen LogP contribution in [0.2, 0.25) is 0 Å². The van der Waals surface area contributed by atoms with Gasteiger partial charge in [-0.25, -0.2) is 0 Å². The van der Waals surface area contributed by atoms with Crippen LogP contribution in [0.4, 0.5) is 0 Å². The number of hydrogen-bond donors (Lipinski definition) is 0. The molecule has 0 bridgehead atoms. The van der Waals surface area contributed by atoms with Crippen molar-refractivity contribution in [3.8, 4) is 0 Å². The molecule has 26 valence electrons. The second kappa shape index (κ2) is 44.8. The van der Waals surface area contributed by atoms with Crippen molar-refractivity contribution in [2.75, 3.05) is 0 Å². The van der Waals surface area contributed by atoms with Gasteiger partial charge in [0.05, 0.1) is 0 Å². The van der Waals surface area contributed by atoms with Crippen LogP contribution in [0.5, 0.6) is 0 Å². The minimum Gasteiger partial charge on any atom is -0.381 e. The predicted molar refractivity (Wildman–Crippen MR) is 12.2 cm³/mol. The fourth-order valence-electron chi connectivity index (χ4n) is 0. The first kappa shape index (κ1) is 30.2. The minimum absolute atomic E-state index is 0. The van der Waals surface area contributed by atoms with E-state index in [0.717, 1.165) is 0 Å². The van der Waals surface area contributed by atoms with Gasteiger partial charge < -0.3 is 4.46 Å². The van der Waals surface area contributed by atoms with Crippen LogP contribution in [0.25, 0.3) is 0 Å². The Hall–Kier alpha value is 1.65. The van der Waals surface area contributed by atoms with E-state index in [1.54, 1.807) is 10.1 Å². The van der Waals surface area contributed by atoms with Crippen LogP contribution >= 0.6 is 0 Å². The third-order valence-corrected chi connectivity index (χ3v) is 0. The maximum Gasteiger partial charge on any atom is 0.381 e. The molecule has 0 aliphatic carbocycles. The third-order valence-electron chi connectivity index (χ3n) is 0. The Kier molecular flexibility index (Phi) is 271. The Morgan fingerprint density at radius 2 is 1.20 bits per heavy atom. The Morgan fingerprint density at radius 1 is 1.20 bits per heavy atom. The first-order chi connectivity index (χ1) is 1.00. The first-order valence-corrected chi connectivity index (χ1v) is 0.612. The van der Waals surface area contributed by atoms with E-state index in [0.29, 0.717) is 0 Å². The van der Waals surface area contributed by atoms with E-state index in [9.17, 15) is 0 Å². The van der Waals surface area contributed by atoms with Gasteiger partial charge in [-0.2, -0.15) is 0 Å². The monoisotopic (exact) mass is 162 g/mol. The van der Waals surface area contributed by atoms with Gasteiger partial charge >= 0.3 is 10.1 Å². The summed E-state index contributed by atoms with van der Waals surface area (Å²) in [5, 5.41) is 0. The van der Waals surface area contributed by atoms with E-state index in [-0.39, 0.29) is 53.0 Å². The average molecular weight is 162 g/mol. The first-order valence-electron chi connectivity index (χ1n) is 0.204. The van der Waals surface area contributed by atoms with Crippen molar-refractivity contribution in [1.29, 1.82) is 0 Å². The van der Waals surface area contributed by atoms with Crippen LogP contribution in [0.1, 0.15) is 0 Å². The van der Waals surface area contributed by atoms with Crippen molar-refractivity contribution in [1.82, 2.24) is 0 Å². The molecule has 0 atom stereocenters. The SMILES string of the molecule is O=[Si].[Fe].[Li].[Mn]. The maximum absolute atomic E-state index is 8.06. The van der Waals surface area contributed by atoms with Gasteiger partial charge in [0, 0.05) is 53.0 Å². The molecular weight excluding hydrogens is 162 g/mol. The minimum atomic E-state index is 0. The molecule has 0 saturated carbocycles. The van der Waals surface area contributed by atoms with Crippen LogP contribution < -0.4 is 0 Å². The predicted octanol–water partition coefficient (Wildman–Crippen LogP) is -0.885. The molecule has 0 aromatic heterocycles. The number of rotatable bonds is 0. The van der Waals surface area contributed by atoms with E-state index >= 15 is 0 Å². The smallest absolute Gasteiger partial charge is 0.381 e. The van der Waals surface area contributed by atoms with Gasteiger partial charge in [0.1, 0.15) is 0 Å². The molecule has 0 N–H and O–H groups in total. The molecule has 0 heterocycles. The molecule has 4 radical (unpaired) electrons. The van der Waals surface area contributed by atoms with Gasteiger partial charge in [-0.05, 0) is 0 Å². The van der Waals surface area contributed by atoms with Crippen LogP contribution in [-0.4, -0.2) is 29.0 Å². The van der Waals surface area contributed by atoms with Crippen molar-refractivity contribution in [2.24, 2.45) is 0 Å². The quantitative estimate of drug-likeness (QED) is 0.422. The van der Waals surface area contributed by atoms with Crippen LogP contribution in [0.15, 0.2) is 0 Å². The summed E-state index contributed by atoms with van der Waals surface area (Å²) < 4.78 is 8.06. The molecule has 0 rings (SSSR count). The van der Waals surface area contributed by atoms with E-state index in [1.807, 2.05) is 0 Å². The van der Waals surface area contributed by atoms with Gasteiger partial charge in [-0.1, -0.05) is 0 Å². The zero-order chi connectivity index (χ0) is 2.00. The van der Waals surface area contributed by atoms with Gasteiger partial charge in [0.25, 0.3) is 0 Å². The summed E-state index contributed by atoms with van der Waals surface area (Å²) in [5.74, 6) is 0. The summed E-state index contributed by atoms with van der Waals surface area (Å²) >= 11 is 0. The molecule has 5 heavy (non-hydrogen) atoms. The van der Waals surface area contributed by atoms with Gasteiger partial charge in [-0.3, -0.25) is 0 Å². The molecule has 0 aromatic carbocycles. The average Bonchev–Trinajstić information content (AvgIpc) is 1.00. The molecule has 0 aliphatic rings. The Labute approximate surface area is 67.3 Å². The van der Waals surface area contributed by atoms with Crippen molar-refractivity contribution in [3.05, 3.63) is 0 Å². The normalized spacial score (nSPS) is 0.800. The molecule has 0 amide bonds. The molecule has 5 heteroatoms.